The van der Waals surface area contributed by atoms with E-state index in [1.165, 1.54) is 19.4 Å². The lowest BCUT2D eigenvalue weighted by atomic mass is 9.93. The van der Waals surface area contributed by atoms with Gasteiger partial charge in [-0.05, 0) is 46.2 Å². The summed E-state index contributed by atoms with van der Waals surface area (Å²) >= 11 is 0. The topological polar surface area (TPSA) is 38.5 Å². The first kappa shape index (κ1) is 12.0. The average Bonchev–Trinajstić information content (AvgIpc) is 2.18. The third-order valence-corrected chi connectivity index (χ3v) is 3.39. The van der Waals surface area contributed by atoms with E-state index in [0.29, 0.717) is 6.04 Å². The van der Waals surface area contributed by atoms with Crippen molar-refractivity contribution in [3.63, 3.8) is 0 Å². The Kier molecular flexibility index (Phi) is 4.35. The lowest BCUT2D eigenvalue weighted by molar-refractivity contribution is -0.0599. The highest BCUT2D eigenvalue weighted by atomic mass is 16.5. The van der Waals surface area contributed by atoms with Crippen molar-refractivity contribution in [3.05, 3.63) is 0 Å². The van der Waals surface area contributed by atoms with Gasteiger partial charge < -0.3 is 10.5 Å². The summed E-state index contributed by atoms with van der Waals surface area (Å²) in [6, 6.07) is 0.592. The van der Waals surface area contributed by atoms with Crippen LogP contribution in [-0.2, 0) is 4.74 Å². The minimum absolute atomic E-state index is 0.0567. The molecule has 0 bridgehead atoms. The molecule has 3 nitrogen and oxygen atoms in total. The molecular weight excluding hydrogens is 176 g/mol. The number of methoxy groups -OCH3 is 1. The minimum atomic E-state index is 0.0567. The summed E-state index contributed by atoms with van der Waals surface area (Å²) in [6.45, 7) is 7.48. The lowest BCUT2D eigenvalue weighted by Crippen LogP contribution is -2.50. The molecule has 2 unspecified atom stereocenters. The zero-order chi connectivity index (χ0) is 10.6. The molecule has 1 saturated heterocycles. The molecule has 2 atom stereocenters. The fourth-order valence-electron chi connectivity index (χ4n) is 2.21. The second-order valence-electron chi connectivity index (χ2n) is 4.65. The maximum absolute atomic E-state index is 5.58. The van der Waals surface area contributed by atoms with E-state index < -0.39 is 0 Å². The van der Waals surface area contributed by atoms with Gasteiger partial charge in [-0.1, -0.05) is 0 Å². The predicted octanol–water partition coefficient (Wildman–Crippen LogP) is 1.22. The number of rotatable bonds is 4. The van der Waals surface area contributed by atoms with Crippen LogP contribution in [0.2, 0.25) is 0 Å². The molecule has 1 heterocycles. The number of likely N-dealkylation sites (tertiary alicyclic amines) is 1. The highest BCUT2D eigenvalue weighted by molar-refractivity contribution is 4.86. The Hall–Kier alpha value is -0.120. The Morgan fingerprint density at radius 3 is 2.86 bits per heavy atom. The van der Waals surface area contributed by atoms with E-state index in [0.717, 1.165) is 19.5 Å². The van der Waals surface area contributed by atoms with Gasteiger partial charge in [-0.3, -0.25) is 4.90 Å². The summed E-state index contributed by atoms with van der Waals surface area (Å²) in [7, 11) is 1.82. The standard InChI is InChI=1S/C11H24N2O/c1-10(5-7-12)13-8-4-6-11(2,9-13)14-3/h10H,4-9,12H2,1-3H3. The maximum Gasteiger partial charge on any atom is 0.0777 e. The number of piperidine rings is 1. The SMILES string of the molecule is COC1(C)CCCN(C(C)CCN)C1. The predicted molar refractivity (Wildman–Crippen MR) is 59.4 cm³/mol. The summed E-state index contributed by atoms with van der Waals surface area (Å²) in [4.78, 5) is 2.50. The lowest BCUT2D eigenvalue weighted by Gasteiger charge is -2.42. The molecule has 0 spiro atoms. The number of ether oxygens (including phenoxy) is 1. The summed E-state index contributed by atoms with van der Waals surface area (Å²) in [5, 5.41) is 0. The van der Waals surface area contributed by atoms with Gasteiger partial charge in [-0.25, -0.2) is 0 Å². The van der Waals surface area contributed by atoms with Crippen molar-refractivity contribution in [1.82, 2.24) is 4.90 Å². The molecule has 3 heteroatoms. The molecule has 2 N–H and O–H groups in total. The van der Waals surface area contributed by atoms with Gasteiger partial charge in [0.2, 0.25) is 0 Å². The Balaban J connectivity index is 2.47. The van der Waals surface area contributed by atoms with E-state index >= 15 is 0 Å². The van der Waals surface area contributed by atoms with Crippen LogP contribution in [0.1, 0.15) is 33.1 Å². The molecule has 1 aliphatic rings. The molecule has 1 aliphatic heterocycles. The van der Waals surface area contributed by atoms with Gasteiger partial charge in [0.25, 0.3) is 0 Å². The Morgan fingerprint density at radius 2 is 2.29 bits per heavy atom. The largest absolute Gasteiger partial charge is 0.377 e. The van der Waals surface area contributed by atoms with Crippen molar-refractivity contribution >= 4 is 0 Å². The van der Waals surface area contributed by atoms with E-state index in [1.807, 2.05) is 7.11 Å². The zero-order valence-corrected chi connectivity index (χ0v) is 9.75. The van der Waals surface area contributed by atoms with Gasteiger partial charge >= 0.3 is 0 Å². The second kappa shape index (κ2) is 5.10. The van der Waals surface area contributed by atoms with Gasteiger partial charge in [0, 0.05) is 19.7 Å². The Labute approximate surface area is 87.6 Å². The number of nitrogens with zero attached hydrogens (tertiary/aromatic N) is 1. The summed E-state index contributed by atoms with van der Waals surface area (Å²) in [5.74, 6) is 0. The molecule has 0 saturated carbocycles. The fraction of sp³-hybridized carbons (Fsp3) is 1.00. The van der Waals surface area contributed by atoms with Gasteiger partial charge in [0.05, 0.1) is 5.60 Å². The molecule has 84 valence electrons. The van der Waals surface area contributed by atoms with Gasteiger partial charge in [-0.2, -0.15) is 0 Å². The van der Waals surface area contributed by atoms with Crippen molar-refractivity contribution in [1.29, 1.82) is 0 Å². The first-order chi connectivity index (χ1) is 6.61. The van der Waals surface area contributed by atoms with Crippen molar-refractivity contribution in [2.45, 2.75) is 44.8 Å². The van der Waals surface area contributed by atoms with Crippen molar-refractivity contribution in [2.75, 3.05) is 26.7 Å². The molecule has 14 heavy (non-hydrogen) atoms. The summed E-state index contributed by atoms with van der Waals surface area (Å²) in [5.41, 5.74) is 5.63. The van der Waals surface area contributed by atoms with Gasteiger partial charge in [0.15, 0.2) is 0 Å². The molecule has 0 aromatic heterocycles. The first-order valence-electron chi connectivity index (χ1n) is 5.60. The van der Waals surface area contributed by atoms with Gasteiger partial charge in [0.1, 0.15) is 0 Å². The number of hydrogen-bond donors (Lipinski definition) is 1. The molecule has 1 rings (SSSR count). The first-order valence-corrected chi connectivity index (χ1v) is 5.60. The van der Waals surface area contributed by atoms with Crippen LogP contribution in [-0.4, -0.2) is 43.3 Å². The fourth-order valence-corrected chi connectivity index (χ4v) is 2.21. The van der Waals surface area contributed by atoms with Crippen LogP contribution in [0.4, 0.5) is 0 Å². The molecular formula is C11H24N2O. The van der Waals surface area contributed by atoms with E-state index in [9.17, 15) is 0 Å². The smallest absolute Gasteiger partial charge is 0.0777 e. The molecule has 0 aromatic carbocycles. The van der Waals surface area contributed by atoms with Gasteiger partial charge in [-0.15, -0.1) is 0 Å². The molecule has 0 aromatic rings. The molecule has 0 amide bonds. The number of nitrogens with two attached hydrogens (primary N) is 1. The normalized spacial score (nSPS) is 31.7. The minimum Gasteiger partial charge on any atom is -0.377 e. The Morgan fingerprint density at radius 1 is 1.57 bits per heavy atom. The maximum atomic E-state index is 5.58. The van der Waals surface area contributed by atoms with E-state index in [4.69, 9.17) is 10.5 Å². The van der Waals surface area contributed by atoms with Crippen molar-refractivity contribution in [2.24, 2.45) is 5.73 Å². The van der Waals surface area contributed by atoms with Crippen LogP contribution in [0, 0.1) is 0 Å². The monoisotopic (exact) mass is 200 g/mol. The van der Waals surface area contributed by atoms with Crippen LogP contribution in [0.3, 0.4) is 0 Å². The summed E-state index contributed by atoms with van der Waals surface area (Å²) in [6.07, 6.45) is 3.49. The van der Waals surface area contributed by atoms with Crippen molar-refractivity contribution in [3.8, 4) is 0 Å². The number of hydrogen-bond acceptors (Lipinski definition) is 3. The molecule has 1 fully saturated rings. The zero-order valence-electron chi connectivity index (χ0n) is 9.75. The van der Waals surface area contributed by atoms with Crippen molar-refractivity contribution < 1.29 is 4.74 Å². The van der Waals surface area contributed by atoms with Crippen LogP contribution in [0.5, 0.6) is 0 Å². The van der Waals surface area contributed by atoms with Crippen LogP contribution in [0.15, 0.2) is 0 Å². The second-order valence-corrected chi connectivity index (χ2v) is 4.65. The highest BCUT2D eigenvalue weighted by Gasteiger charge is 2.32. The molecule has 0 aliphatic carbocycles. The van der Waals surface area contributed by atoms with E-state index in [-0.39, 0.29) is 5.60 Å². The van der Waals surface area contributed by atoms with E-state index in [2.05, 4.69) is 18.7 Å². The highest BCUT2D eigenvalue weighted by Crippen LogP contribution is 2.25. The van der Waals surface area contributed by atoms with Crippen LogP contribution < -0.4 is 5.73 Å². The quantitative estimate of drug-likeness (QED) is 0.741. The summed E-state index contributed by atoms with van der Waals surface area (Å²) < 4.78 is 5.56. The third-order valence-electron chi connectivity index (χ3n) is 3.39. The van der Waals surface area contributed by atoms with Crippen LogP contribution in [0.25, 0.3) is 0 Å². The van der Waals surface area contributed by atoms with E-state index in [1.54, 1.807) is 0 Å². The third kappa shape index (κ3) is 2.94. The van der Waals surface area contributed by atoms with Crippen LogP contribution >= 0.6 is 0 Å². The molecule has 0 radical (unpaired) electrons. The Bertz CT molecular complexity index is 175. The average molecular weight is 200 g/mol.